The minimum atomic E-state index is -0.442. The average Bonchev–Trinajstić information content (AvgIpc) is 2.29. The summed E-state index contributed by atoms with van der Waals surface area (Å²) in [4.78, 5) is 10.1. The Morgan fingerprint density at radius 2 is 2.11 bits per heavy atom. The van der Waals surface area contributed by atoms with Crippen molar-refractivity contribution in [3.8, 4) is 0 Å². The predicted molar refractivity (Wildman–Crippen MR) is 74.7 cm³/mol. The van der Waals surface area contributed by atoms with E-state index in [1.807, 2.05) is 0 Å². The number of unbranched alkanes of at least 4 members (excludes halogenated alkanes) is 1. The molecule has 0 aliphatic carbocycles. The molecule has 0 heterocycles. The first-order chi connectivity index (χ1) is 8.50. The Morgan fingerprint density at radius 3 is 2.67 bits per heavy atom. The van der Waals surface area contributed by atoms with Crippen LogP contribution in [0.1, 0.15) is 33.1 Å². The van der Waals surface area contributed by atoms with Gasteiger partial charge in [0, 0.05) is 18.7 Å². The second kappa shape index (κ2) is 6.83. The van der Waals surface area contributed by atoms with Crippen LogP contribution in [0.25, 0.3) is 0 Å². The predicted octanol–water partition coefficient (Wildman–Crippen LogP) is 3.42. The number of nitro benzene ring substituents is 1. The molecule has 0 spiro atoms. The van der Waals surface area contributed by atoms with E-state index in [1.165, 1.54) is 25.0 Å². The number of rotatable bonds is 7. The van der Waals surface area contributed by atoms with Crippen LogP contribution in [0, 0.1) is 16.0 Å². The third kappa shape index (κ3) is 4.61. The maximum atomic E-state index is 10.6. The van der Waals surface area contributed by atoms with E-state index in [1.54, 1.807) is 6.07 Å². The Morgan fingerprint density at radius 1 is 1.39 bits per heavy atom. The molecule has 1 aromatic rings. The second-order valence-corrected chi connectivity index (χ2v) is 4.85. The van der Waals surface area contributed by atoms with Crippen LogP contribution in [-0.4, -0.2) is 11.5 Å². The number of nitrogens with one attached hydrogen (secondary N) is 1. The summed E-state index contributed by atoms with van der Waals surface area (Å²) in [6.45, 7) is 5.26. The normalized spacial score (nSPS) is 10.6. The summed E-state index contributed by atoms with van der Waals surface area (Å²) in [5.41, 5.74) is 6.97. The van der Waals surface area contributed by atoms with Gasteiger partial charge >= 0.3 is 0 Å². The minimum absolute atomic E-state index is 0.0258. The molecule has 0 saturated carbocycles. The SMILES string of the molecule is CC(C)CCCCNc1ccc([N+](=O)[O-])cc1N. The van der Waals surface area contributed by atoms with Crippen LogP contribution in [0.15, 0.2) is 18.2 Å². The quantitative estimate of drug-likeness (QED) is 0.337. The summed E-state index contributed by atoms with van der Waals surface area (Å²) in [6, 6.07) is 4.51. The largest absolute Gasteiger partial charge is 0.397 e. The standard InChI is InChI=1S/C13H21N3O2/c1-10(2)5-3-4-8-15-13-7-6-11(16(17)18)9-12(13)14/h6-7,9-10,15H,3-5,8,14H2,1-2H3. The summed E-state index contributed by atoms with van der Waals surface area (Å²) < 4.78 is 0. The number of nitrogen functional groups attached to an aromatic ring is 1. The van der Waals surface area contributed by atoms with E-state index in [9.17, 15) is 10.1 Å². The molecule has 0 bridgehead atoms. The molecule has 0 saturated heterocycles. The third-order valence-electron chi connectivity index (χ3n) is 2.77. The van der Waals surface area contributed by atoms with Crippen molar-refractivity contribution in [3.05, 3.63) is 28.3 Å². The molecule has 0 atom stereocenters. The van der Waals surface area contributed by atoms with Crippen molar-refractivity contribution in [3.63, 3.8) is 0 Å². The molecule has 3 N–H and O–H groups in total. The Labute approximate surface area is 108 Å². The minimum Gasteiger partial charge on any atom is -0.397 e. The van der Waals surface area contributed by atoms with Gasteiger partial charge in [-0.1, -0.05) is 26.7 Å². The van der Waals surface area contributed by atoms with Gasteiger partial charge in [-0.15, -0.1) is 0 Å². The van der Waals surface area contributed by atoms with E-state index >= 15 is 0 Å². The Bertz CT molecular complexity index is 405. The van der Waals surface area contributed by atoms with Gasteiger partial charge in [-0.3, -0.25) is 10.1 Å². The highest BCUT2D eigenvalue weighted by molar-refractivity contribution is 5.69. The number of nitro groups is 1. The fraction of sp³-hybridized carbons (Fsp3) is 0.538. The summed E-state index contributed by atoms with van der Waals surface area (Å²) >= 11 is 0. The molecule has 0 unspecified atom stereocenters. The van der Waals surface area contributed by atoms with Crippen molar-refractivity contribution in [2.75, 3.05) is 17.6 Å². The number of nitrogens with zero attached hydrogens (tertiary/aromatic N) is 1. The van der Waals surface area contributed by atoms with Crippen LogP contribution in [-0.2, 0) is 0 Å². The van der Waals surface area contributed by atoms with Gasteiger partial charge in [-0.25, -0.2) is 0 Å². The molecule has 5 nitrogen and oxygen atoms in total. The summed E-state index contributed by atoms with van der Waals surface area (Å²) in [6.07, 6.45) is 3.48. The lowest BCUT2D eigenvalue weighted by molar-refractivity contribution is -0.384. The first-order valence-corrected chi connectivity index (χ1v) is 6.28. The Kier molecular flexibility index (Phi) is 5.42. The van der Waals surface area contributed by atoms with E-state index in [2.05, 4.69) is 19.2 Å². The lowest BCUT2D eigenvalue weighted by Gasteiger charge is -2.09. The monoisotopic (exact) mass is 251 g/mol. The van der Waals surface area contributed by atoms with Gasteiger partial charge in [0.15, 0.2) is 0 Å². The lowest BCUT2D eigenvalue weighted by Crippen LogP contribution is -2.05. The summed E-state index contributed by atoms with van der Waals surface area (Å²) in [5, 5.41) is 13.8. The molecular weight excluding hydrogens is 230 g/mol. The van der Waals surface area contributed by atoms with E-state index in [-0.39, 0.29) is 5.69 Å². The van der Waals surface area contributed by atoms with E-state index in [4.69, 9.17) is 5.73 Å². The number of anilines is 2. The van der Waals surface area contributed by atoms with E-state index in [0.29, 0.717) is 5.69 Å². The lowest BCUT2D eigenvalue weighted by atomic mass is 10.1. The second-order valence-electron chi connectivity index (χ2n) is 4.85. The summed E-state index contributed by atoms with van der Waals surface area (Å²) in [7, 11) is 0. The van der Waals surface area contributed by atoms with Gasteiger partial charge in [0.25, 0.3) is 5.69 Å². The topological polar surface area (TPSA) is 81.2 Å². The highest BCUT2D eigenvalue weighted by Crippen LogP contribution is 2.24. The van der Waals surface area contributed by atoms with Crippen molar-refractivity contribution in [2.24, 2.45) is 5.92 Å². The summed E-state index contributed by atoms with van der Waals surface area (Å²) in [5.74, 6) is 0.731. The maximum absolute atomic E-state index is 10.6. The van der Waals surface area contributed by atoms with Crippen LogP contribution in [0.5, 0.6) is 0 Å². The molecule has 0 radical (unpaired) electrons. The number of nitrogens with two attached hydrogens (primary N) is 1. The fourth-order valence-electron chi connectivity index (χ4n) is 1.73. The number of hydrogen-bond acceptors (Lipinski definition) is 4. The molecule has 0 amide bonds. The van der Waals surface area contributed by atoms with Crippen LogP contribution >= 0.6 is 0 Å². The van der Waals surface area contributed by atoms with E-state index in [0.717, 1.165) is 24.6 Å². The van der Waals surface area contributed by atoms with E-state index < -0.39 is 4.92 Å². The Hall–Kier alpha value is -1.78. The van der Waals surface area contributed by atoms with Crippen molar-refractivity contribution >= 4 is 17.1 Å². The van der Waals surface area contributed by atoms with Crippen molar-refractivity contribution < 1.29 is 4.92 Å². The van der Waals surface area contributed by atoms with Crippen molar-refractivity contribution in [1.29, 1.82) is 0 Å². The first-order valence-electron chi connectivity index (χ1n) is 6.28. The molecule has 1 rings (SSSR count). The van der Waals surface area contributed by atoms with Crippen LogP contribution in [0.2, 0.25) is 0 Å². The molecular formula is C13H21N3O2. The van der Waals surface area contributed by atoms with Gasteiger partial charge in [0.2, 0.25) is 0 Å². The van der Waals surface area contributed by atoms with Crippen LogP contribution in [0.4, 0.5) is 17.1 Å². The zero-order valence-electron chi connectivity index (χ0n) is 11.0. The molecule has 1 aromatic carbocycles. The molecule has 18 heavy (non-hydrogen) atoms. The average molecular weight is 251 g/mol. The van der Waals surface area contributed by atoms with Gasteiger partial charge in [0.05, 0.1) is 16.3 Å². The highest BCUT2D eigenvalue weighted by Gasteiger charge is 2.07. The molecule has 0 aliphatic rings. The van der Waals surface area contributed by atoms with Gasteiger partial charge in [-0.05, 0) is 18.4 Å². The first kappa shape index (κ1) is 14.3. The maximum Gasteiger partial charge on any atom is 0.271 e. The molecule has 0 fully saturated rings. The number of non-ortho nitro benzene ring substituents is 1. The zero-order valence-corrected chi connectivity index (χ0v) is 11.0. The van der Waals surface area contributed by atoms with Gasteiger partial charge in [-0.2, -0.15) is 0 Å². The van der Waals surface area contributed by atoms with Gasteiger partial charge < -0.3 is 11.1 Å². The van der Waals surface area contributed by atoms with Crippen LogP contribution < -0.4 is 11.1 Å². The molecule has 100 valence electrons. The molecule has 5 heteroatoms. The van der Waals surface area contributed by atoms with Crippen molar-refractivity contribution in [1.82, 2.24) is 0 Å². The smallest absolute Gasteiger partial charge is 0.271 e. The molecule has 0 aromatic heterocycles. The number of hydrogen-bond donors (Lipinski definition) is 2. The van der Waals surface area contributed by atoms with Gasteiger partial charge in [0.1, 0.15) is 0 Å². The van der Waals surface area contributed by atoms with Crippen molar-refractivity contribution in [2.45, 2.75) is 33.1 Å². The molecule has 0 aliphatic heterocycles. The van der Waals surface area contributed by atoms with Crippen LogP contribution in [0.3, 0.4) is 0 Å². The third-order valence-corrected chi connectivity index (χ3v) is 2.77. The Balaban J connectivity index is 2.41. The number of benzene rings is 1. The highest BCUT2D eigenvalue weighted by atomic mass is 16.6. The zero-order chi connectivity index (χ0) is 13.5. The fourth-order valence-corrected chi connectivity index (χ4v) is 1.73.